The van der Waals surface area contributed by atoms with E-state index in [2.05, 4.69) is 41.2 Å². The number of amides is 1. The van der Waals surface area contributed by atoms with Gasteiger partial charge in [-0.3, -0.25) is 9.69 Å². The van der Waals surface area contributed by atoms with E-state index < -0.39 is 10.0 Å². The van der Waals surface area contributed by atoms with Gasteiger partial charge in [0.05, 0.1) is 0 Å². The summed E-state index contributed by atoms with van der Waals surface area (Å²) in [5, 5.41) is 3.11. The average Bonchev–Trinajstić information content (AvgIpc) is 3.15. The molecule has 1 aliphatic heterocycles. The molecule has 1 N–H and O–H groups in total. The minimum Gasteiger partial charge on any atom is -0.352 e. The maximum Gasteiger partial charge on any atom is 0.262 e. The molecule has 3 rings (SSSR count). The Balaban J connectivity index is 1.52. The van der Waals surface area contributed by atoms with Crippen LogP contribution >= 0.6 is 0 Å². The van der Waals surface area contributed by atoms with Crippen molar-refractivity contribution < 1.29 is 13.2 Å². The van der Waals surface area contributed by atoms with Crippen molar-refractivity contribution in [1.82, 2.24) is 24.1 Å². The molecule has 2 heterocycles. The fourth-order valence-electron chi connectivity index (χ4n) is 4.02. The third-order valence-corrected chi connectivity index (χ3v) is 8.04. The molecule has 1 aromatic heterocycles. The van der Waals surface area contributed by atoms with Crippen LogP contribution < -0.4 is 5.32 Å². The number of piperidine rings is 1. The predicted molar refractivity (Wildman–Crippen MR) is 124 cm³/mol. The van der Waals surface area contributed by atoms with Gasteiger partial charge in [0.15, 0.2) is 5.03 Å². The molecule has 1 saturated heterocycles. The van der Waals surface area contributed by atoms with Gasteiger partial charge in [-0.25, -0.2) is 13.4 Å². The van der Waals surface area contributed by atoms with Gasteiger partial charge < -0.3 is 9.88 Å². The summed E-state index contributed by atoms with van der Waals surface area (Å²) in [6, 6.07) is 8.31. The molecule has 1 fully saturated rings. The molecular weight excluding hydrogens is 426 g/mol. The molecule has 0 bridgehead atoms. The lowest BCUT2D eigenvalue weighted by Crippen LogP contribution is -2.43. The van der Waals surface area contributed by atoms with Crippen LogP contribution in [0.25, 0.3) is 0 Å². The first kappa shape index (κ1) is 24.4. The molecule has 9 heteroatoms. The summed E-state index contributed by atoms with van der Waals surface area (Å²) in [5.74, 6) is 0.467. The smallest absolute Gasteiger partial charge is 0.262 e. The van der Waals surface area contributed by atoms with Crippen molar-refractivity contribution in [2.45, 2.75) is 51.7 Å². The molecule has 0 atom stereocenters. The van der Waals surface area contributed by atoms with Gasteiger partial charge in [-0.1, -0.05) is 38.1 Å². The van der Waals surface area contributed by atoms with Crippen molar-refractivity contribution in [2.75, 3.05) is 26.2 Å². The third-order valence-electron chi connectivity index (χ3n) is 6.27. The Kier molecular flexibility index (Phi) is 8.08. The highest BCUT2D eigenvalue weighted by atomic mass is 32.2. The van der Waals surface area contributed by atoms with Crippen molar-refractivity contribution in [3.63, 3.8) is 0 Å². The SMILES string of the molecule is CCN(CC)Cc1cccc(CNC(=O)C2CCN(S(=O)(=O)c3cn(C)c(C)n3)CC2)c1. The van der Waals surface area contributed by atoms with E-state index in [9.17, 15) is 13.2 Å². The fourth-order valence-corrected chi connectivity index (χ4v) is 5.51. The predicted octanol–water partition coefficient (Wildman–Crippen LogP) is 2.29. The number of hydrogen-bond donors (Lipinski definition) is 1. The highest BCUT2D eigenvalue weighted by molar-refractivity contribution is 7.89. The quantitative estimate of drug-likeness (QED) is 0.619. The summed E-state index contributed by atoms with van der Waals surface area (Å²) in [5.41, 5.74) is 2.32. The van der Waals surface area contributed by atoms with Crippen LogP contribution in [0, 0.1) is 12.8 Å². The highest BCUT2D eigenvalue weighted by Crippen LogP contribution is 2.23. The zero-order valence-corrected chi connectivity index (χ0v) is 20.4. The summed E-state index contributed by atoms with van der Waals surface area (Å²) < 4.78 is 28.8. The number of imidazole rings is 1. The van der Waals surface area contributed by atoms with Gasteiger partial charge in [0, 0.05) is 45.3 Å². The van der Waals surface area contributed by atoms with E-state index in [0.29, 0.717) is 38.3 Å². The van der Waals surface area contributed by atoms with Crippen molar-refractivity contribution in [2.24, 2.45) is 13.0 Å². The Morgan fingerprint density at radius 3 is 2.44 bits per heavy atom. The largest absolute Gasteiger partial charge is 0.352 e. The van der Waals surface area contributed by atoms with Crippen LogP contribution in [0.15, 0.2) is 35.5 Å². The number of carbonyl (C=O) groups is 1. The molecule has 1 amide bonds. The molecule has 176 valence electrons. The topological polar surface area (TPSA) is 87.5 Å². The molecule has 8 nitrogen and oxygen atoms in total. The molecule has 32 heavy (non-hydrogen) atoms. The summed E-state index contributed by atoms with van der Waals surface area (Å²) >= 11 is 0. The Hall–Kier alpha value is -2.23. The minimum absolute atomic E-state index is 0.00938. The molecule has 0 unspecified atom stereocenters. The van der Waals surface area contributed by atoms with Crippen LogP contribution in [0.4, 0.5) is 0 Å². The van der Waals surface area contributed by atoms with Crippen molar-refractivity contribution in [3.05, 3.63) is 47.4 Å². The van der Waals surface area contributed by atoms with Gasteiger partial charge >= 0.3 is 0 Å². The number of nitrogens with zero attached hydrogens (tertiary/aromatic N) is 4. The van der Waals surface area contributed by atoms with Gasteiger partial charge in [0.1, 0.15) is 5.82 Å². The Morgan fingerprint density at radius 2 is 1.84 bits per heavy atom. The average molecular weight is 462 g/mol. The number of benzene rings is 1. The number of nitrogens with one attached hydrogen (secondary N) is 1. The summed E-state index contributed by atoms with van der Waals surface area (Å²) in [4.78, 5) is 19.2. The molecule has 1 aliphatic rings. The molecular formula is C23H35N5O3S. The summed E-state index contributed by atoms with van der Waals surface area (Å²) in [7, 11) is -1.85. The molecule has 0 saturated carbocycles. The Bertz CT molecular complexity index is 1000. The van der Waals surface area contributed by atoms with Gasteiger partial charge in [0.2, 0.25) is 5.91 Å². The van der Waals surface area contributed by atoms with E-state index in [1.165, 1.54) is 16.1 Å². The van der Waals surface area contributed by atoms with Crippen molar-refractivity contribution in [3.8, 4) is 0 Å². The molecule has 1 aromatic carbocycles. The summed E-state index contributed by atoms with van der Waals surface area (Å²) in [6.45, 7) is 10.1. The normalized spacial score (nSPS) is 15.9. The van der Waals surface area contributed by atoms with Crippen LogP contribution in [-0.4, -0.2) is 59.3 Å². The van der Waals surface area contributed by atoms with E-state index in [4.69, 9.17) is 0 Å². The second kappa shape index (κ2) is 10.6. The fraction of sp³-hybridized carbons (Fsp3) is 0.565. The number of carbonyl (C=O) groups excluding carboxylic acids is 1. The van der Waals surface area contributed by atoms with Crippen LogP contribution in [0.3, 0.4) is 0 Å². The van der Waals surface area contributed by atoms with Crippen LogP contribution in [0.1, 0.15) is 43.6 Å². The summed E-state index contributed by atoms with van der Waals surface area (Å²) in [6.07, 6.45) is 2.57. The first-order valence-corrected chi connectivity index (χ1v) is 12.8. The van der Waals surface area contributed by atoms with E-state index >= 15 is 0 Å². The van der Waals surface area contributed by atoms with Gasteiger partial charge in [-0.2, -0.15) is 4.31 Å². The second-order valence-corrected chi connectivity index (χ2v) is 10.3. The van der Waals surface area contributed by atoms with Gasteiger partial charge in [-0.05, 0) is 44.0 Å². The molecule has 0 spiro atoms. The van der Waals surface area contributed by atoms with E-state index in [-0.39, 0.29) is 16.9 Å². The Morgan fingerprint density at radius 1 is 1.19 bits per heavy atom. The lowest BCUT2D eigenvalue weighted by Gasteiger charge is -2.30. The van der Waals surface area contributed by atoms with Crippen LogP contribution in [0.2, 0.25) is 0 Å². The third kappa shape index (κ3) is 5.76. The van der Waals surface area contributed by atoms with Gasteiger partial charge in [0.25, 0.3) is 10.0 Å². The van der Waals surface area contributed by atoms with Crippen LogP contribution in [0.5, 0.6) is 0 Å². The maximum atomic E-state index is 12.8. The molecule has 0 radical (unpaired) electrons. The van der Waals surface area contributed by atoms with Crippen LogP contribution in [-0.2, 0) is 35.0 Å². The van der Waals surface area contributed by atoms with E-state index in [1.807, 2.05) is 12.1 Å². The Labute approximate surface area is 191 Å². The number of rotatable bonds is 9. The number of aryl methyl sites for hydroxylation is 2. The van der Waals surface area contributed by atoms with Gasteiger partial charge in [-0.15, -0.1) is 0 Å². The number of aromatic nitrogens is 2. The monoisotopic (exact) mass is 461 g/mol. The molecule has 2 aromatic rings. The minimum atomic E-state index is -3.62. The first-order valence-electron chi connectivity index (χ1n) is 11.3. The lowest BCUT2D eigenvalue weighted by atomic mass is 9.97. The first-order chi connectivity index (χ1) is 15.2. The zero-order chi connectivity index (χ0) is 23.3. The standard InChI is InChI=1S/C23H35N5O3S/c1-5-27(6-2)16-20-9-7-8-19(14-20)15-24-23(29)21-10-12-28(13-11-21)32(30,31)22-17-26(4)18(3)25-22/h7-9,14,17,21H,5-6,10-13,15-16H2,1-4H3,(H,24,29). The van der Waals surface area contributed by atoms with E-state index in [1.54, 1.807) is 18.5 Å². The number of hydrogen-bond acceptors (Lipinski definition) is 5. The second-order valence-electron chi connectivity index (χ2n) is 8.41. The highest BCUT2D eigenvalue weighted by Gasteiger charge is 2.33. The zero-order valence-electron chi connectivity index (χ0n) is 19.5. The van der Waals surface area contributed by atoms with Crippen molar-refractivity contribution >= 4 is 15.9 Å². The molecule has 0 aliphatic carbocycles. The maximum absolute atomic E-state index is 12.8. The number of sulfonamides is 1. The van der Waals surface area contributed by atoms with E-state index in [0.717, 1.165) is 25.2 Å². The lowest BCUT2D eigenvalue weighted by molar-refractivity contribution is -0.126. The van der Waals surface area contributed by atoms with Crippen molar-refractivity contribution in [1.29, 1.82) is 0 Å².